The normalized spacial score (nSPS) is 12.2. The standard InChI is InChI=1S/C11H15F3N2O3S/c1-2-16-20(17,18)8-7-15-9-3-5-10(6-4-9)19-11(12,13)14/h3-6,15-16H,2,7-8H2,1H3. The van der Waals surface area contributed by atoms with Crippen molar-refractivity contribution in [2.24, 2.45) is 0 Å². The second-order valence-corrected chi connectivity index (χ2v) is 5.74. The average Bonchev–Trinajstić information content (AvgIpc) is 2.29. The SMILES string of the molecule is CCNS(=O)(=O)CCNc1ccc(OC(F)(F)F)cc1. The molecule has 0 spiro atoms. The molecule has 1 rings (SSSR count). The maximum Gasteiger partial charge on any atom is 0.573 e. The molecule has 0 saturated carbocycles. The Morgan fingerprint density at radius 1 is 1.20 bits per heavy atom. The Hall–Kier alpha value is -1.48. The van der Waals surface area contributed by atoms with Crippen LogP contribution in [-0.2, 0) is 10.0 Å². The van der Waals surface area contributed by atoms with E-state index in [-0.39, 0.29) is 18.0 Å². The van der Waals surface area contributed by atoms with E-state index in [1.165, 1.54) is 12.1 Å². The van der Waals surface area contributed by atoms with Crippen molar-refractivity contribution in [2.75, 3.05) is 24.2 Å². The number of sulfonamides is 1. The minimum atomic E-state index is -4.73. The molecule has 114 valence electrons. The summed E-state index contributed by atoms with van der Waals surface area (Å²) in [5, 5.41) is 2.79. The number of nitrogens with one attached hydrogen (secondary N) is 2. The summed E-state index contributed by atoms with van der Waals surface area (Å²) in [5.41, 5.74) is 0.506. The molecule has 9 heteroatoms. The van der Waals surface area contributed by atoms with Crippen LogP contribution < -0.4 is 14.8 Å². The van der Waals surface area contributed by atoms with Crippen LogP contribution >= 0.6 is 0 Å². The van der Waals surface area contributed by atoms with Gasteiger partial charge >= 0.3 is 6.36 Å². The largest absolute Gasteiger partial charge is 0.573 e. The van der Waals surface area contributed by atoms with Crippen LogP contribution in [0.15, 0.2) is 24.3 Å². The van der Waals surface area contributed by atoms with Gasteiger partial charge in [0.2, 0.25) is 10.0 Å². The zero-order valence-corrected chi connectivity index (χ0v) is 11.5. The number of hydrogen-bond acceptors (Lipinski definition) is 4. The van der Waals surface area contributed by atoms with Gasteiger partial charge in [0, 0.05) is 18.8 Å². The summed E-state index contributed by atoms with van der Waals surface area (Å²) < 4.78 is 64.5. The molecular formula is C11H15F3N2O3S. The third-order valence-corrected chi connectivity index (χ3v) is 3.62. The highest BCUT2D eigenvalue weighted by molar-refractivity contribution is 7.89. The first-order valence-corrected chi connectivity index (χ1v) is 7.44. The third kappa shape index (κ3) is 6.62. The topological polar surface area (TPSA) is 67.4 Å². The van der Waals surface area contributed by atoms with Gasteiger partial charge in [-0.2, -0.15) is 0 Å². The van der Waals surface area contributed by atoms with Crippen LogP contribution in [0, 0.1) is 0 Å². The lowest BCUT2D eigenvalue weighted by molar-refractivity contribution is -0.274. The summed E-state index contributed by atoms with van der Waals surface area (Å²) in [6, 6.07) is 5.05. The molecular weight excluding hydrogens is 297 g/mol. The maximum atomic E-state index is 11.9. The van der Waals surface area contributed by atoms with Crippen LogP contribution in [0.1, 0.15) is 6.92 Å². The minimum Gasteiger partial charge on any atom is -0.406 e. The number of halogens is 3. The van der Waals surface area contributed by atoms with E-state index in [4.69, 9.17) is 0 Å². The van der Waals surface area contributed by atoms with E-state index < -0.39 is 16.4 Å². The highest BCUT2D eigenvalue weighted by atomic mass is 32.2. The van der Waals surface area contributed by atoms with Gasteiger partial charge in [-0.25, -0.2) is 13.1 Å². The molecule has 20 heavy (non-hydrogen) atoms. The molecule has 0 fully saturated rings. The van der Waals surface area contributed by atoms with Crippen molar-refractivity contribution in [3.8, 4) is 5.75 Å². The van der Waals surface area contributed by atoms with Gasteiger partial charge in [0.15, 0.2) is 0 Å². The Labute approximate surface area is 115 Å². The second kappa shape index (κ2) is 6.80. The minimum absolute atomic E-state index is 0.123. The van der Waals surface area contributed by atoms with Gasteiger partial charge in [0.1, 0.15) is 5.75 Å². The molecule has 1 aromatic carbocycles. The Morgan fingerprint density at radius 3 is 2.30 bits per heavy atom. The third-order valence-electron chi connectivity index (χ3n) is 2.15. The fourth-order valence-electron chi connectivity index (χ4n) is 1.40. The van der Waals surface area contributed by atoms with Crippen LogP contribution in [-0.4, -0.2) is 33.6 Å². The Kier molecular flexibility index (Phi) is 5.63. The van der Waals surface area contributed by atoms with Gasteiger partial charge in [-0.1, -0.05) is 6.92 Å². The summed E-state index contributed by atoms with van der Waals surface area (Å²) in [4.78, 5) is 0. The van der Waals surface area contributed by atoms with Gasteiger partial charge in [0.25, 0.3) is 0 Å². The quantitative estimate of drug-likeness (QED) is 0.807. The van der Waals surface area contributed by atoms with E-state index in [1.807, 2.05) is 0 Å². The highest BCUT2D eigenvalue weighted by Gasteiger charge is 2.30. The molecule has 0 aliphatic rings. The van der Waals surface area contributed by atoms with Crippen molar-refractivity contribution < 1.29 is 26.3 Å². The molecule has 0 aliphatic carbocycles. The number of ether oxygens (including phenoxy) is 1. The summed E-state index contributed by atoms with van der Waals surface area (Å²) in [6.45, 7) is 2.13. The van der Waals surface area contributed by atoms with Crippen molar-refractivity contribution in [3.63, 3.8) is 0 Å². The fraction of sp³-hybridized carbons (Fsp3) is 0.455. The predicted molar refractivity (Wildman–Crippen MR) is 69.1 cm³/mol. The lowest BCUT2D eigenvalue weighted by Gasteiger charge is -2.10. The van der Waals surface area contributed by atoms with Gasteiger partial charge in [-0.3, -0.25) is 0 Å². The number of benzene rings is 1. The zero-order chi connectivity index (χ0) is 15.2. The van der Waals surface area contributed by atoms with E-state index in [0.717, 1.165) is 12.1 Å². The van der Waals surface area contributed by atoms with Crippen LogP contribution in [0.2, 0.25) is 0 Å². The highest BCUT2D eigenvalue weighted by Crippen LogP contribution is 2.23. The van der Waals surface area contributed by atoms with E-state index in [9.17, 15) is 21.6 Å². The molecule has 5 nitrogen and oxygen atoms in total. The average molecular weight is 312 g/mol. The van der Waals surface area contributed by atoms with Crippen LogP contribution in [0.3, 0.4) is 0 Å². The van der Waals surface area contributed by atoms with Gasteiger partial charge in [0.05, 0.1) is 5.75 Å². The van der Waals surface area contributed by atoms with E-state index in [2.05, 4.69) is 14.8 Å². The first kappa shape index (κ1) is 16.6. The van der Waals surface area contributed by atoms with Crippen molar-refractivity contribution in [1.82, 2.24) is 4.72 Å². The van der Waals surface area contributed by atoms with Crippen LogP contribution in [0.4, 0.5) is 18.9 Å². The van der Waals surface area contributed by atoms with Crippen LogP contribution in [0.5, 0.6) is 5.75 Å². The van der Waals surface area contributed by atoms with E-state index in [0.29, 0.717) is 12.2 Å². The van der Waals surface area contributed by atoms with Gasteiger partial charge < -0.3 is 10.1 Å². The molecule has 0 unspecified atom stereocenters. The molecule has 0 atom stereocenters. The summed E-state index contributed by atoms with van der Waals surface area (Å²) in [7, 11) is -3.32. The predicted octanol–water partition coefficient (Wildman–Crippen LogP) is 1.94. The first-order valence-electron chi connectivity index (χ1n) is 5.79. The molecule has 0 radical (unpaired) electrons. The van der Waals surface area contributed by atoms with Gasteiger partial charge in [-0.15, -0.1) is 13.2 Å². The monoisotopic (exact) mass is 312 g/mol. The Morgan fingerprint density at radius 2 is 1.80 bits per heavy atom. The fourth-order valence-corrected chi connectivity index (χ4v) is 2.35. The van der Waals surface area contributed by atoms with E-state index >= 15 is 0 Å². The Balaban J connectivity index is 2.46. The lowest BCUT2D eigenvalue weighted by atomic mass is 10.3. The van der Waals surface area contributed by atoms with Gasteiger partial charge in [-0.05, 0) is 24.3 Å². The smallest absolute Gasteiger partial charge is 0.406 e. The Bertz CT molecular complexity index is 515. The summed E-state index contributed by atoms with van der Waals surface area (Å²) >= 11 is 0. The number of alkyl halides is 3. The lowest BCUT2D eigenvalue weighted by Crippen LogP contribution is -2.29. The van der Waals surface area contributed by atoms with Crippen molar-refractivity contribution >= 4 is 15.7 Å². The number of rotatable bonds is 7. The first-order chi connectivity index (χ1) is 9.22. The van der Waals surface area contributed by atoms with Crippen molar-refractivity contribution in [2.45, 2.75) is 13.3 Å². The molecule has 2 N–H and O–H groups in total. The summed E-state index contributed by atoms with van der Waals surface area (Å²) in [6.07, 6.45) is -4.73. The van der Waals surface area contributed by atoms with Crippen molar-refractivity contribution in [3.05, 3.63) is 24.3 Å². The molecule has 0 aliphatic heterocycles. The van der Waals surface area contributed by atoms with E-state index in [1.54, 1.807) is 6.92 Å². The molecule has 0 bridgehead atoms. The molecule has 0 aromatic heterocycles. The molecule has 0 amide bonds. The molecule has 0 saturated heterocycles. The maximum absolute atomic E-state index is 11.9. The van der Waals surface area contributed by atoms with Crippen molar-refractivity contribution in [1.29, 1.82) is 0 Å². The summed E-state index contributed by atoms with van der Waals surface area (Å²) in [5.74, 6) is -0.454. The number of anilines is 1. The molecule has 1 aromatic rings. The zero-order valence-electron chi connectivity index (χ0n) is 10.7. The molecule has 0 heterocycles. The second-order valence-electron chi connectivity index (χ2n) is 3.82. The van der Waals surface area contributed by atoms with Crippen LogP contribution in [0.25, 0.3) is 0 Å². The number of hydrogen-bond donors (Lipinski definition) is 2.